The molecule has 4 nitrogen and oxygen atoms in total. The molecular formula is C20H24O4. The average Bonchev–Trinajstić information content (AvgIpc) is 2.58. The molecule has 0 saturated heterocycles. The largest absolute Gasteiger partial charge is 0.496 e. The predicted octanol–water partition coefficient (Wildman–Crippen LogP) is 4.43. The van der Waals surface area contributed by atoms with E-state index in [1.165, 1.54) is 0 Å². The molecular weight excluding hydrogens is 304 g/mol. The van der Waals surface area contributed by atoms with Gasteiger partial charge in [-0.3, -0.25) is 0 Å². The van der Waals surface area contributed by atoms with E-state index in [1.807, 2.05) is 44.2 Å². The van der Waals surface area contributed by atoms with Gasteiger partial charge in [-0.25, -0.2) is 4.79 Å². The highest BCUT2D eigenvalue weighted by Gasteiger charge is 2.16. The zero-order valence-corrected chi connectivity index (χ0v) is 14.7. The molecule has 1 unspecified atom stereocenters. The van der Waals surface area contributed by atoms with Crippen molar-refractivity contribution in [3.63, 3.8) is 0 Å². The molecule has 0 aliphatic rings. The van der Waals surface area contributed by atoms with E-state index in [9.17, 15) is 4.79 Å². The number of benzene rings is 2. The second kappa shape index (κ2) is 7.86. The molecule has 0 heterocycles. The summed E-state index contributed by atoms with van der Waals surface area (Å²) in [7, 11) is 1.66. The number of fused-ring (bicyclic) bond motifs is 1. The lowest BCUT2D eigenvalue weighted by Crippen LogP contribution is -2.25. The van der Waals surface area contributed by atoms with E-state index in [-0.39, 0.29) is 12.1 Å². The monoisotopic (exact) mass is 328 g/mol. The van der Waals surface area contributed by atoms with Crippen molar-refractivity contribution in [3.8, 4) is 11.5 Å². The normalized spacial score (nSPS) is 11.8. The summed E-state index contributed by atoms with van der Waals surface area (Å²) in [5.74, 6) is 1.22. The molecule has 0 aromatic heterocycles. The number of esters is 1. The second-order valence-electron chi connectivity index (χ2n) is 5.80. The third kappa shape index (κ3) is 3.88. The highest BCUT2D eigenvalue weighted by molar-refractivity contribution is 5.94. The smallest absolute Gasteiger partial charge is 0.333 e. The number of carbonyl (C=O) groups is 1. The lowest BCUT2D eigenvalue weighted by Gasteiger charge is -2.19. The van der Waals surface area contributed by atoms with Crippen LogP contribution in [0, 0.1) is 6.92 Å². The quantitative estimate of drug-likeness (QED) is 0.557. The maximum atomic E-state index is 11.7. The summed E-state index contributed by atoms with van der Waals surface area (Å²) >= 11 is 0. The molecule has 0 bridgehead atoms. The highest BCUT2D eigenvalue weighted by Crippen LogP contribution is 2.36. The third-order valence-corrected chi connectivity index (χ3v) is 3.85. The number of ether oxygens (including phenoxy) is 3. The van der Waals surface area contributed by atoms with Gasteiger partial charge >= 0.3 is 5.97 Å². The first kappa shape index (κ1) is 17.9. The van der Waals surface area contributed by atoms with Crippen LogP contribution < -0.4 is 9.47 Å². The topological polar surface area (TPSA) is 44.8 Å². The van der Waals surface area contributed by atoms with E-state index >= 15 is 0 Å². The summed E-state index contributed by atoms with van der Waals surface area (Å²) in [5, 5.41) is 1.98. The van der Waals surface area contributed by atoms with Gasteiger partial charge in [0.2, 0.25) is 0 Å². The zero-order chi connectivity index (χ0) is 17.7. The van der Waals surface area contributed by atoms with Gasteiger partial charge in [0.1, 0.15) is 24.2 Å². The highest BCUT2D eigenvalue weighted by atomic mass is 16.6. The summed E-state index contributed by atoms with van der Waals surface area (Å²) in [4.78, 5) is 11.7. The van der Waals surface area contributed by atoms with Crippen LogP contribution in [0.4, 0.5) is 0 Å². The van der Waals surface area contributed by atoms with E-state index in [1.54, 1.807) is 14.0 Å². The Balaban J connectivity index is 2.25. The molecule has 0 aliphatic heterocycles. The number of rotatable bonds is 7. The van der Waals surface area contributed by atoms with Crippen molar-refractivity contribution in [2.45, 2.75) is 33.3 Å². The van der Waals surface area contributed by atoms with Crippen molar-refractivity contribution < 1.29 is 19.0 Å². The van der Waals surface area contributed by atoms with E-state index in [0.29, 0.717) is 18.6 Å². The summed E-state index contributed by atoms with van der Waals surface area (Å²) in [5.41, 5.74) is 1.37. The van der Waals surface area contributed by atoms with E-state index in [4.69, 9.17) is 14.2 Å². The Labute approximate surface area is 143 Å². The summed E-state index contributed by atoms with van der Waals surface area (Å²) in [6, 6.07) is 9.89. The summed E-state index contributed by atoms with van der Waals surface area (Å²) in [6.45, 7) is 9.47. The fourth-order valence-corrected chi connectivity index (χ4v) is 2.47. The average molecular weight is 328 g/mol. The van der Waals surface area contributed by atoms with Crippen LogP contribution in [0.3, 0.4) is 0 Å². The Morgan fingerprint density at radius 2 is 1.92 bits per heavy atom. The first-order valence-electron chi connectivity index (χ1n) is 8.03. The number of hydrogen-bond donors (Lipinski definition) is 0. The number of methoxy groups -OCH3 is 1. The Hall–Kier alpha value is -2.49. The van der Waals surface area contributed by atoms with Gasteiger partial charge in [-0.2, -0.15) is 0 Å². The Bertz CT molecular complexity index is 749. The molecule has 0 radical (unpaired) electrons. The number of hydrogen-bond acceptors (Lipinski definition) is 4. The third-order valence-electron chi connectivity index (χ3n) is 3.85. The van der Waals surface area contributed by atoms with E-state index in [2.05, 4.69) is 6.58 Å². The van der Waals surface area contributed by atoms with Crippen molar-refractivity contribution in [1.82, 2.24) is 0 Å². The molecule has 2 rings (SSSR count). The Morgan fingerprint density at radius 1 is 1.25 bits per heavy atom. The number of aryl methyl sites for hydroxylation is 1. The van der Waals surface area contributed by atoms with Crippen LogP contribution in [0.1, 0.15) is 25.8 Å². The van der Waals surface area contributed by atoms with Crippen molar-refractivity contribution in [1.29, 1.82) is 0 Å². The fraction of sp³-hybridized carbons (Fsp3) is 0.350. The molecule has 1 atom stereocenters. The SMILES string of the molecule is C=C(C)C(=O)OC(CC)COc1c(C)cc(OC)c2ccccc12. The van der Waals surface area contributed by atoms with Gasteiger partial charge < -0.3 is 14.2 Å². The van der Waals surface area contributed by atoms with Crippen molar-refractivity contribution in [2.75, 3.05) is 13.7 Å². The molecule has 4 heteroatoms. The standard InChI is InChI=1S/C20H24O4/c1-6-15(24-20(21)13(2)3)12-23-19-14(4)11-18(22-5)16-9-7-8-10-17(16)19/h7-11,15H,2,6,12H2,1,3-5H3. The zero-order valence-electron chi connectivity index (χ0n) is 14.7. The molecule has 0 aliphatic carbocycles. The van der Waals surface area contributed by atoms with Gasteiger partial charge in [-0.05, 0) is 31.9 Å². The van der Waals surface area contributed by atoms with Crippen LogP contribution in [0.5, 0.6) is 11.5 Å². The molecule has 0 amide bonds. The van der Waals surface area contributed by atoms with Gasteiger partial charge in [0.15, 0.2) is 0 Å². The molecule has 0 spiro atoms. The van der Waals surface area contributed by atoms with Crippen LogP contribution >= 0.6 is 0 Å². The molecule has 0 N–H and O–H groups in total. The molecule has 2 aromatic carbocycles. The van der Waals surface area contributed by atoms with Crippen LogP contribution in [0.15, 0.2) is 42.5 Å². The van der Waals surface area contributed by atoms with Crippen LogP contribution in [-0.2, 0) is 9.53 Å². The Kier molecular flexibility index (Phi) is 5.85. The summed E-state index contributed by atoms with van der Waals surface area (Å²) in [6.07, 6.45) is 0.362. The maximum absolute atomic E-state index is 11.7. The minimum absolute atomic E-state index is 0.298. The summed E-state index contributed by atoms with van der Waals surface area (Å²) < 4.78 is 16.9. The minimum atomic E-state index is -0.387. The lowest BCUT2D eigenvalue weighted by atomic mass is 10.0. The van der Waals surface area contributed by atoms with Crippen LogP contribution in [-0.4, -0.2) is 25.8 Å². The van der Waals surface area contributed by atoms with E-state index in [0.717, 1.165) is 27.8 Å². The molecule has 0 fully saturated rings. The molecule has 128 valence electrons. The fourth-order valence-electron chi connectivity index (χ4n) is 2.47. The van der Waals surface area contributed by atoms with Crippen molar-refractivity contribution >= 4 is 16.7 Å². The Morgan fingerprint density at radius 3 is 2.50 bits per heavy atom. The first-order valence-corrected chi connectivity index (χ1v) is 8.03. The van der Waals surface area contributed by atoms with Gasteiger partial charge in [-0.15, -0.1) is 0 Å². The maximum Gasteiger partial charge on any atom is 0.333 e. The number of carbonyl (C=O) groups excluding carboxylic acids is 1. The first-order chi connectivity index (χ1) is 11.5. The van der Waals surface area contributed by atoms with Crippen LogP contribution in [0.2, 0.25) is 0 Å². The van der Waals surface area contributed by atoms with Crippen molar-refractivity contribution in [3.05, 3.63) is 48.0 Å². The lowest BCUT2D eigenvalue weighted by molar-refractivity contribution is -0.145. The van der Waals surface area contributed by atoms with Gasteiger partial charge in [0.05, 0.1) is 7.11 Å². The van der Waals surface area contributed by atoms with Crippen molar-refractivity contribution in [2.24, 2.45) is 0 Å². The predicted molar refractivity (Wildman–Crippen MR) is 95.7 cm³/mol. The van der Waals surface area contributed by atoms with Gasteiger partial charge in [0.25, 0.3) is 0 Å². The van der Waals surface area contributed by atoms with Gasteiger partial charge in [-0.1, -0.05) is 37.8 Å². The van der Waals surface area contributed by atoms with E-state index < -0.39 is 0 Å². The van der Waals surface area contributed by atoms with Gasteiger partial charge in [0, 0.05) is 16.3 Å². The molecule has 0 saturated carbocycles. The minimum Gasteiger partial charge on any atom is -0.496 e. The molecule has 24 heavy (non-hydrogen) atoms. The van der Waals surface area contributed by atoms with Crippen LogP contribution in [0.25, 0.3) is 10.8 Å². The molecule has 2 aromatic rings. The second-order valence-corrected chi connectivity index (χ2v) is 5.80.